The molecule has 0 spiro atoms. The van der Waals surface area contributed by atoms with Crippen LogP contribution in [0.2, 0.25) is 0 Å². The lowest BCUT2D eigenvalue weighted by Gasteiger charge is -2.43. The first-order valence-corrected chi connectivity index (χ1v) is 9.36. The summed E-state index contributed by atoms with van der Waals surface area (Å²) in [5.74, 6) is 5.59. The Morgan fingerprint density at radius 3 is 2.16 bits per heavy atom. The predicted molar refractivity (Wildman–Crippen MR) is 83.1 cm³/mol. The van der Waals surface area contributed by atoms with Crippen LogP contribution in [0.1, 0.15) is 90.4 Å². The third-order valence-electron chi connectivity index (χ3n) is 6.90. The normalized spacial score (nSPS) is 43.7. The first kappa shape index (κ1) is 14.0. The maximum atomic E-state index is 2.39. The molecule has 0 aromatic carbocycles. The highest BCUT2D eigenvalue weighted by atomic mass is 14.4. The topological polar surface area (TPSA) is 0 Å². The van der Waals surface area contributed by atoms with Gasteiger partial charge in [-0.05, 0) is 42.4 Å². The molecule has 0 N–H and O–H groups in total. The van der Waals surface area contributed by atoms with Crippen molar-refractivity contribution in [2.24, 2.45) is 29.6 Å². The van der Waals surface area contributed by atoms with Gasteiger partial charge in [0.15, 0.2) is 0 Å². The van der Waals surface area contributed by atoms with E-state index in [4.69, 9.17) is 0 Å². The smallest absolute Gasteiger partial charge is 0.0357 e. The van der Waals surface area contributed by atoms with Crippen molar-refractivity contribution in [3.63, 3.8) is 0 Å². The molecule has 19 heavy (non-hydrogen) atoms. The molecule has 0 bridgehead atoms. The van der Waals surface area contributed by atoms with Crippen LogP contribution in [0.25, 0.3) is 0 Å². The molecular formula is C19H34. The lowest BCUT2D eigenvalue weighted by molar-refractivity contribution is 0.0776. The van der Waals surface area contributed by atoms with E-state index in [1.54, 1.807) is 70.6 Å². The first-order chi connectivity index (χ1) is 9.36. The van der Waals surface area contributed by atoms with E-state index in [2.05, 4.69) is 6.92 Å². The molecule has 0 radical (unpaired) electrons. The van der Waals surface area contributed by atoms with Gasteiger partial charge in [-0.1, -0.05) is 77.6 Å². The van der Waals surface area contributed by atoms with Crippen LogP contribution in [-0.4, -0.2) is 0 Å². The second kappa shape index (κ2) is 6.64. The van der Waals surface area contributed by atoms with Gasteiger partial charge in [0, 0.05) is 0 Å². The Balaban J connectivity index is 1.51. The van der Waals surface area contributed by atoms with Gasteiger partial charge in [-0.25, -0.2) is 0 Å². The van der Waals surface area contributed by atoms with Crippen LogP contribution in [0.5, 0.6) is 0 Å². The molecule has 3 atom stereocenters. The van der Waals surface area contributed by atoms with Gasteiger partial charge in [0.1, 0.15) is 0 Å². The monoisotopic (exact) mass is 262 g/mol. The van der Waals surface area contributed by atoms with E-state index in [1.807, 2.05) is 0 Å². The number of rotatable bonds is 3. The van der Waals surface area contributed by atoms with Gasteiger partial charge < -0.3 is 0 Å². The summed E-state index contributed by atoms with van der Waals surface area (Å²) >= 11 is 0. The SMILES string of the molecule is CCC1CCC(CC2CCCC3CCCCC32)CC1. The van der Waals surface area contributed by atoms with E-state index >= 15 is 0 Å². The predicted octanol–water partition coefficient (Wildman–Crippen LogP) is 6.20. The van der Waals surface area contributed by atoms with Crippen molar-refractivity contribution >= 4 is 0 Å². The van der Waals surface area contributed by atoms with Crippen molar-refractivity contribution in [2.75, 3.05) is 0 Å². The maximum Gasteiger partial charge on any atom is -0.0357 e. The molecule has 3 aliphatic carbocycles. The largest absolute Gasteiger partial charge is 0.0651 e. The zero-order valence-corrected chi connectivity index (χ0v) is 13.1. The van der Waals surface area contributed by atoms with Crippen molar-refractivity contribution in [1.82, 2.24) is 0 Å². The van der Waals surface area contributed by atoms with Crippen LogP contribution < -0.4 is 0 Å². The van der Waals surface area contributed by atoms with Gasteiger partial charge in [-0.15, -0.1) is 0 Å². The van der Waals surface area contributed by atoms with Crippen molar-refractivity contribution in [1.29, 1.82) is 0 Å². The Morgan fingerprint density at radius 1 is 0.684 bits per heavy atom. The van der Waals surface area contributed by atoms with Gasteiger partial charge >= 0.3 is 0 Å². The fourth-order valence-electron chi connectivity index (χ4n) is 5.67. The van der Waals surface area contributed by atoms with Gasteiger partial charge in [0.05, 0.1) is 0 Å². The van der Waals surface area contributed by atoms with Crippen molar-refractivity contribution in [3.8, 4) is 0 Å². The standard InChI is InChI=1S/C19H34/c1-2-15-10-12-16(13-11-15)14-18-8-5-7-17-6-3-4-9-19(17)18/h15-19H,2-14H2,1H3. The van der Waals surface area contributed by atoms with E-state index in [1.165, 1.54) is 12.8 Å². The summed E-state index contributed by atoms with van der Waals surface area (Å²) in [5.41, 5.74) is 0. The molecule has 0 aromatic heterocycles. The average Bonchev–Trinajstić information content (AvgIpc) is 2.48. The lowest BCUT2D eigenvalue weighted by Crippen LogP contribution is -2.32. The summed E-state index contributed by atoms with van der Waals surface area (Å²) in [7, 11) is 0. The number of hydrogen-bond donors (Lipinski definition) is 0. The molecule has 0 amide bonds. The summed E-state index contributed by atoms with van der Waals surface area (Å²) in [4.78, 5) is 0. The Morgan fingerprint density at radius 2 is 1.37 bits per heavy atom. The van der Waals surface area contributed by atoms with Crippen LogP contribution in [0.4, 0.5) is 0 Å². The van der Waals surface area contributed by atoms with Crippen LogP contribution in [0.3, 0.4) is 0 Å². The molecule has 3 aliphatic rings. The fraction of sp³-hybridized carbons (Fsp3) is 1.00. The van der Waals surface area contributed by atoms with Crippen LogP contribution in [0.15, 0.2) is 0 Å². The molecule has 0 heteroatoms. The Bertz CT molecular complexity index is 259. The second-order valence-corrected chi connectivity index (χ2v) is 7.93. The van der Waals surface area contributed by atoms with E-state index in [9.17, 15) is 0 Å². The fourth-order valence-corrected chi connectivity index (χ4v) is 5.67. The maximum absolute atomic E-state index is 2.39. The molecule has 3 saturated carbocycles. The molecule has 110 valence electrons. The average molecular weight is 262 g/mol. The molecule has 3 fully saturated rings. The molecule has 0 nitrogen and oxygen atoms in total. The minimum absolute atomic E-state index is 1.07. The Labute approximate surface area is 120 Å². The van der Waals surface area contributed by atoms with Crippen molar-refractivity contribution in [2.45, 2.75) is 90.4 Å². The number of fused-ring (bicyclic) bond motifs is 1. The Kier molecular flexibility index (Phi) is 4.87. The Hall–Kier alpha value is 0. The first-order valence-electron chi connectivity index (χ1n) is 9.36. The lowest BCUT2D eigenvalue weighted by atomic mass is 9.62. The minimum atomic E-state index is 1.07. The molecule has 0 aromatic rings. The molecule has 3 rings (SSSR count). The van der Waals surface area contributed by atoms with Gasteiger partial charge in [-0.3, -0.25) is 0 Å². The number of hydrogen-bond acceptors (Lipinski definition) is 0. The molecule has 0 heterocycles. The van der Waals surface area contributed by atoms with Crippen LogP contribution in [0, 0.1) is 29.6 Å². The van der Waals surface area contributed by atoms with E-state index in [-0.39, 0.29) is 0 Å². The van der Waals surface area contributed by atoms with E-state index < -0.39 is 0 Å². The zero-order valence-electron chi connectivity index (χ0n) is 13.1. The van der Waals surface area contributed by atoms with Crippen molar-refractivity contribution < 1.29 is 0 Å². The van der Waals surface area contributed by atoms with Crippen molar-refractivity contribution in [3.05, 3.63) is 0 Å². The van der Waals surface area contributed by atoms with E-state index in [0.29, 0.717) is 0 Å². The summed E-state index contributed by atoms with van der Waals surface area (Å²) < 4.78 is 0. The molecular weight excluding hydrogens is 228 g/mol. The third-order valence-corrected chi connectivity index (χ3v) is 6.90. The van der Waals surface area contributed by atoms with Crippen LogP contribution in [-0.2, 0) is 0 Å². The van der Waals surface area contributed by atoms with Gasteiger partial charge in [0.25, 0.3) is 0 Å². The highest BCUT2D eigenvalue weighted by molar-refractivity contribution is 4.87. The summed E-state index contributed by atoms with van der Waals surface area (Å²) in [6, 6.07) is 0. The highest BCUT2D eigenvalue weighted by Gasteiger charge is 2.36. The van der Waals surface area contributed by atoms with E-state index in [0.717, 1.165) is 29.6 Å². The molecule has 3 unspecified atom stereocenters. The second-order valence-electron chi connectivity index (χ2n) is 7.93. The summed E-state index contributed by atoms with van der Waals surface area (Å²) in [6.45, 7) is 2.39. The molecule has 0 saturated heterocycles. The van der Waals surface area contributed by atoms with Gasteiger partial charge in [0.2, 0.25) is 0 Å². The third kappa shape index (κ3) is 3.37. The summed E-state index contributed by atoms with van der Waals surface area (Å²) in [5, 5.41) is 0. The minimum Gasteiger partial charge on any atom is -0.0651 e. The molecule has 0 aliphatic heterocycles. The zero-order chi connectivity index (χ0) is 13.1. The summed E-state index contributed by atoms with van der Waals surface area (Å²) in [6.07, 6.45) is 20.2. The quantitative estimate of drug-likeness (QED) is 0.568. The van der Waals surface area contributed by atoms with Gasteiger partial charge in [-0.2, -0.15) is 0 Å². The van der Waals surface area contributed by atoms with Crippen LogP contribution >= 0.6 is 0 Å². The highest BCUT2D eigenvalue weighted by Crippen LogP contribution is 2.47.